The van der Waals surface area contributed by atoms with Crippen molar-refractivity contribution in [3.8, 4) is 16.9 Å². The number of benzene rings is 2. The molecule has 0 saturated carbocycles. The van der Waals surface area contributed by atoms with E-state index in [1.165, 1.54) is 12.1 Å². The molecule has 7 heteroatoms. The molecule has 0 aliphatic carbocycles. The van der Waals surface area contributed by atoms with Crippen LogP contribution in [0.2, 0.25) is 0 Å². The van der Waals surface area contributed by atoms with E-state index in [9.17, 15) is 4.79 Å². The van der Waals surface area contributed by atoms with Gasteiger partial charge in [-0.25, -0.2) is 4.68 Å². The summed E-state index contributed by atoms with van der Waals surface area (Å²) in [5.74, 6) is -0.00596. The highest BCUT2D eigenvalue weighted by Crippen LogP contribution is 2.33. The van der Waals surface area contributed by atoms with Crippen LogP contribution in [0.15, 0.2) is 54.7 Å². The van der Waals surface area contributed by atoms with Gasteiger partial charge in [-0.1, -0.05) is 24.3 Å². The van der Waals surface area contributed by atoms with Crippen molar-refractivity contribution < 1.29 is 9.53 Å². The first-order chi connectivity index (χ1) is 16.4. The number of Topliss-reactive ketones (excluding diaryl/α,β-unsaturated/α-hetero) is 1. The van der Waals surface area contributed by atoms with Gasteiger partial charge in [-0.05, 0) is 58.4 Å². The first kappa shape index (κ1) is 22.3. The largest absolute Gasteiger partial charge is 0.370 e. The molecule has 0 spiro atoms. The number of carbonyl (C=O) groups excluding carboxylic acids is 1. The van der Waals surface area contributed by atoms with E-state index in [0.29, 0.717) is 0 Å². The Morgan fingerprint density at radius 3 is 2.53 bits per heavy atom. The molecule has 5 rings (SSSR count). The Hall–Kier alpha value is -3.45. The molecular formula is C27H31N5O2. The lowest BCUT2D eigenvalue weighted by Crippen LogP contribution is -2.37. The minimum Gasteiger partial charge on any atom is -0.370 e. The number of hydrogen-bond acceptors (Lipinski definition) is 5. The summed E-state index contributed by atoms with van der Waals surface area (Å²) in [6.07, 6.45) is 3.11. The van der Waals surface area contributed by atoms with Crippen molar-refractivity contribution >= 4 is 22.4 Å². The van der Waals surface area contributed by atoms with Gasteiger partial charge in [-0.2, -0.15) is 10.2 Å². The van der Waals surface area contributed by atoms with E-state index < -0.39 is 5.60 Å². The monoisotopic (exact) mass is 457 g/mol. The van der Waals surface area contributed by atoms with Crippen LogP contribution in [0.3, 0.4) is 0 Å². The van der Waals surface area contributed by atoms with Gasteiger partial charge in [0.25, 0.3) is 0 Å². The zero-order chi connectivity index (χ0) is 23.9. The summed E-state index contributed by atoms with van der Waals surface area (Å²) < 4.78 is 9.99. The van der Waals surface area contributed by atoms with Gasteiger partial charge in [0.1, 0.15) is 5.60 Å². The minimum atomic E-state index is -0.855. The number of para-hydroxylation sites is 2. The molecule has 3 heterocycles. The molecule has 0 N–H and O–H groups in total. The van der Waals surface area contributed by atoms with Crippen LogP contribution in [0.1, 0.15) is 39.8 Å². The summed E-state index contributed by atoms with van der Waals surface area (Å²) in [6, 6.07) is 16.9. The molecule has 0 radical (unpaired) electrons. The Labute approximate surface area is 199 Å². The van der Waals surface area contributed by atoms with Crippen LogP contribution in [0, 0.1) is 0 Å². The maximum atomic E-state index is 12.0. The number of aryl methyl sites for hydroxylation is 1. The van der Waals surface area contributed by atoms with Crippen molar-refractivity contribution in [2.75, 3.05) is 18.0 Å². The Morgan fingerprint density at radius 2 is 1.85 bits per heavy atom. The van der Waals surface area contributed by atoms with Crippen LogP contribution in [0.5, 0.6) is 0 Å². The van der Waals surface area contributed by atoms with Gasteiger partial charge < -0.3 is 9.64 Å². The predicted octanol–water partition coefficient (Wildman–Crippen LogP) is 5.00. The summed E-state index contributed by atoms with van der Waals surface area (Å²) in [6.45, 7) is 10.4. The molecule has 34 heavy (non-hydrogen) atoms. The number of ketones is 1. The van der Waals surface area contributed by atoms with Crippen molar-refractivity contribution in [3.63, 3.8) is 0 Å². The average Bonchev–Trinajstić information content (AvgIpc) is 3.40. The lowest BCUT2D eigenvalue weighted by molar-refractivity contribution is -0.139. The molecule has 1 aliphatic rings. The molecule has 7 nitrogen and oxygen atoms in total. The highest BCUT2D eigenvalue weighted by atomic mass is 16.5. The van der Waals surface area contributed by atoms with Crippen LogP contribution in [0.25, 0.3) is 27.8 Å². The third kappa shape index (κ3) is 4.01. The van der Waals surface area contributed by atoms with Crippen LogP contribution >= 0.6 is 0 Å². The fourth-order valence-electron chi connectivity index (χ4n) is 4.20. The fraction of sp³-hybridized carbons (Fsp3) is 0.370. The van der Waals surface area contributed by atoms with E-state index in [2.05, 4.69) is 65.5 Å². The number of aromatic nitrogens is 4. The number of ether oxygens (including phenoxy) is 1. The maximum Gasteiger partial charge on any atom is 0.161 e. The third-order valence-electron chi connectivity index (χ3n) is 6.74. The summed E-state index contributed by atoms with van der Waals surface area (Å²) in [4.78, 5) is 14.3. The second kappa shape index (κ2) is 8.72. The fourth-order valence-corrected chi connectivity index (χ4v) is 4.20. The number of rotatable bonds is 8. The van der Waals surface area contributed by atoms with Crippen molar-refractivity contribution in [3.05, 3.63) is 60.4 Å². The standard InChI is InChI=1S/C27H31N5O2/c1-5-31-25-15-20(11-12-21(25)17-28-31)26-16-22(18-34-27(3,4)19(2)33)29-32(26)24-10-7-6-9-23(24)30-13-8-14-30/h6-7,9-12,15-17H,5,8,13-14,18H2,1-4H3. The Bertz CT molecular complexity index is 1350. The van der Waals surface area contributed by atoms with E-state index >= 15 is 0 Å². The van der Waals surface area contributed by atoms with Crippen molar-refractivity contribution in [1.82, 2.24) is 19.6 Å². The highest BCUT2D eigenvalue weighted by molar-refractivity contribution is 5.85. The zero-order valence-corrected chi connectivity index (χ0v) is 20.3. The third-order valence-corrected chi connectivity index (χ3v) is 6.74. The van der Waals surface area contributed by atoms with Crippen LogP contribution in [-0.2, 0) is 22.7 Å². The first-order valence-corrected chi connectivity index (χ1v) is 11.9. The molecule has 2 aromatic heterocycles. The van der Waals surface area contributed by atoms with Gasteiger partial charge in [0.05, 0.1) is 41.1 Å². The van der Waals surface area contributed by atoms with E-state index in [1.54, 1.807) is 20.8 Å². The van der Waals surface area contributed by atoms with Crippen LogP contribution in [-0.4, -0.2) is 44.0 Å². The lowest BCUT2D eigenvalue weighted by atomic mass is 10.1. The zero-order valence-electron chi connectivity index (χ0n) is 20.3. The van der Waals surface area contributed by atoms with Gasteiger partial charge in [-0.15, -0.1) is 0 Å². The SMILES string of the molecule is CCn1ncc2ccc(-c3cc(COC(C)(C)C(C)=O)nn3-c3ccccc3N3CCC3)cc21. The van der Waals surface area contributed by atoms with Crippen LogP contribution in [0.4, 0.5) is 5.69 Å². The number of anilines is 1. The molecule has 0 unspecified atom stereocenters. The number of fused-ring (bicyclic) bond motifs is 1. The predicted molar refractivity (Wildman–Crippen MR) is 134 cm³/mol. The molecule has 1 saturated heterocycles. The summed E-state index contributed by atoms with van der Waals surface area (Å²) >= 11 is 0. The van der Waals surface area contributed by atoms with E-state index in [0.717, 1.165) is 53.2 Å². The highest BCUT2D eigenvalue weighted by Gasteiger charge is 2.26. The number of nitrogens with zero attached hydrogens (tertiary/aromatic N) is 5. The van der Waals surface area contributed by atoms with Crippen molar-refractivity contribution in [2.45, 2.75) is 52.9 Å². The van der Waals surface area contributed by atoms with Gasteiger partial charge in [-0.3, -0.25) is 9.48 Å². The molecule has 0 bridgehead atoms. The molecule has 1 fully saturated rings. The first-order valence-electron chi connectivity index (χ1n) is 11.9. The molecule has 0 amide bonds. The second-order valence-electron chi connectivity index (χ2n) is 9.35. The van der Waals surface area contributed by atoms with Crippen molar-refractivity contribution in [1.29, 1.82) is 0 Å². The minimum absolute atomic E-state index is 0.00596. The van der Waals surface area contributed by atoms with Gasteiger partial charge >= 0.3 is 0 Å². The average molecular weight is 458 g/mol. The number of carbonyl (C=O) groups is 1. The lowest BCUT2D eigenvalue weighted by Gasteiger charge is -2.34. The molecule has 4 aromatic rings. The van der Waals surface area contributed by atoms with Gasteiger partial charge in [0.2, 0.25) is 0 Å². The smallest absolute Gasteiger partial charge is 0.161 e. The van der Waals surface area contributed by atoms with E-state index in [-0.39, 0.29) is 12.4 Å². The molecule has 176 valence electrons. The normalized spacial score (nSPS) is 13.9. The van der Waals surface area contributed by atoms with Gasteiger partial charge in [0, 0.05) is 30.6 Å². The Balaban J connectivity index is 1.62. The quantitative estimate of drug-likeness (QED) is 0.372. The molecule has 2 aromatic carbocycles. The Morgan fingerprint density at radius 1 is 1.09 bits per heavy atom. The maximum absolute atomic E-state index is 12.0. The van der Waals surface area contributed by atoms with Crippen LogP contribution < -0.4 is 4.90 Å². The van der Waals surface area contributed by atoms with Gasteiger partial charge in [0.15, 0.2) is 5.78 Å². The second-order valence-corrected chi connectivity index (χ2v) is 9.35. The van der Waals surface area contributed by atoms with Crippen molar-refractivity contribution in [2.24, 2.45) is 0 Å². The van der Waals surface area contributed by atoms with E-state index in [4.69, 9.17) is 9.84 Å². The topological polar surface area (TPSA) is 65.2 Å². The number of hydrogen-bond donors (Lipinski definition) is 0. The Kier molecular flexibility index (Phi) is 5.73. The molecule has 0 atom stereocenters. The van der Waals surface area contributed by atoms with E-state index in [1.807, 2.05) is 15.6 Å². The summed E-state index contributed by atoms with van der Waals surface area (Å²) in [7, 11) is 0. The summed E-state index contributed by atoms with van der Waals surface area (Å²) in [5.41, 5.74) is 5.29. The molecular weight excluding hydrogens is 426 g/mol. The summed E-state index contributed by atoms with van der Waals surface area (Å²) in [5, 5.41) is 10.6. The molecule has 1 aliphatic heterocycles.